The van der Waals surface area contributed by atoms with Crippen LogP contribution in [0.5, 0.6) is 0 Å². The maximum absolute atomic E-state index is 12.5. The van der Waals surface area contributed by atoms with E-state index in [9.17, 15) is 4.79 Å². The summed E-state index contributed by atoms with van der Waals surface area (Å²) in [5.74, 6) is 1.34. The maximum Gasteiger partial charge on any atom is 0.280 e. The van der Waals surface area contributed by atoms with Crippen LogP contribution in [-0.2, 0) is 6.42 Å². The van der Waals surface area contributed by atoms with Crippen LogP contribution in [0.25, 0.3) is 10.9 Å². The van der Waals surface area contributed by atoms with Gasteiger partial charge in [0.05, 0.1) is 23.5 Å². The molecular formula is C13H14ClN3O. The molecule has 0 radical (unpaired) electrons. The summed E-state index contributed by atoms with van der Waals surface area (Å²) in [6, 6.07) is 7.72. The van der Waals surface area contributed by atoms with E-state index in [1.807, 2.05) is 36.2 Å². The molecule has 5 heteroatoms. The number of halogens is 1. The van der Waals surface area contributed by atoms with E-state index in [0.717, 1.165) is 24.3 Å². The van der Waals surface area contributed by atoms with Crippen molar-refractivity contribution in [2.24, 2.45) is 0 Å². The minimum atomic E-state index is 0.00469. The summed E-state index contributed by atoms with van der Waals surface area (Å²) in [5.41, 5.74) is 0.768. The second kappa shape index (κ2) is 4.28. The molecule has 18 heavy (non-hydrogen) atoms. The fraction of sp³-hybridized carbons (Fsp3) is 0.385. The number of hydrogen-bond donors (Lipinski definition) is 0. The molecule has 1 fully saturated rings. The second-order valence-corrected chi connectivity index (χ2v) is 4.75. The molecule has 1 unspecified atom stereocenters. The second-order valence-electron chi connectivity index (χ2n) is 4.45. The van der Waals surface area contributed by atoms with E-state index in [2.05, 4.69) is 4.98 Å². The average Bonchev–Trinajstić information content (AvgIpc) is 3.17. The van der Waals surface area contributed by atoms with Gasteiger partial charge in [-0.1, -0.05) is 19.1 Å². The van der Waals surface area contributed by atoms with Crippen molar-refractivity contribution in [3.63, 3.8) is 0 Å². The number of hydrogen-bond acceptors (Lipinski definition) is 3. The predicted molar refractivity (Wildman–Crippen MR) is 73.0 cm³/mol. The van der Waals surface area contributed by atoms with Gasteiger partial charge in [0.2, 0.25) is 0 Å². The lowest BCUT2D eigenvalue weighted by Gasteiger charge is -2.14. The predicted octanol–water partition coefficient (Wildman–Crippen LogP) is 1.52. The third-order valence-electron chi connectivity index (χ3n) is 3.26. The third kappa shape index (κ3) is 1.68. The Morgan fingerprint density at radius 2 is 2.22 bits per heavy atom. The first-order valence-electron chi connectivity index (χ1n) is 6.09. The van der Waals surface area contributed by atoms with Crippen LogP contribution in [0.4, 0.5) is 0 Å². The molecule has 0 amide bonds. The van der Waals surface area contributed by atoms with Gasteiger partial charge in [0.25, 0.3) is 5.56 Å². The van der Waals surface area contributed by atoms with Crippen molar-refractivity contribution >= 4 is 22.5 Å². The van der Waals surface area contributed by atoms with Gasteiger partial charge in [-0.15, -0.1) is 11.6 Å². The van der Waals surface area contributed by atoms with Gasteiger partial charge in [0, 0.05) is 12.3 Å². The minimum absolute atomic E-state index is 0.00469. The Morgan fingerprint density at radius 3 is 2.89 bits per heavy atom. The number of aryl methyl sites for hydroxylation is 1. The molecule has 4 nitrogen and oxygen atoms in total. The summed E-state index contributed by atoms with van der Waals surface area (Å²) >= 11 is 5.83. The Labute approximate surface area is 110 Å². The number of aromatic nitrogens is 2. The quantitative estimate of drug-likeness (QED) is 0.622. The van der Waals surface area contributed by atoms with Crippen molar-refractivity contribution < 1.29 is 0 Å². The fourth-order valence-electron chi connectivity index (χ4n) is 2.21. The smallest absolute Gasteiger partial charge is 0.280 e. The fourth-order valence-corrected chi connectivity index (χ4v) is 2.46. The molecule has 3 rings (SSSR count). The molecule has 1 aromatic carbocycles. The molecule has 1 aliphatic rings. The van der Waals surface area contributed by atoms with Crippen LogP contribution in [0, 0.1) is 0 Å². The first-order valence-corrected chi connectivity index (χ1v) is 6.63. The summed E-state index contributed by atoms with van der Waals surface area (Å²) in [7, 11) is 0. The van der Waals surface area contributed by atoms with Crippen LogP contribution >= 0.6 is 11.6 Å². The molecule has 2 heterocycles. The van der Waals surface area contributed by atoms with Crippen molar-refractivity contribution in [3.05, 3.63) is 40.4 Å². The molecule has 0 spiro atoms. The van der Waals surface area contributed by atoms with Gasteiger partial charge in [-0.25, -0.2) is 9.66 Å². The first kappa shape index (κ1) is 11.5. The topological polar surface area (TPSA) is 37.9 Å². The molecule has 1 aromatic heterocycles. The van der Waals surface area contributed by atoms with E-state index >= 15 is 0 Å². The number of rotatable bonds is 3. The molecular weight excluding hydrogens is 250 g/mol. The monoisotopic (exact) mass is 263 g/mol. The average molecular weight is 264 g/mol. The summed E-state index contributed by atoms with van der Waals surface area (Å²) in [6.07, 6.45) is 0.728. The molecule has 2 aromatic rings. The highest BCUT2D eigenvalue weighted by Crippen LogP contribution is 2.18. The van der Waals surface area contributed by atoms with Crippen molar-refractivity contribution in [3.8, 4) is 0 Å². The molecule has 0 aliphatic carbocycles. The molecule has 0 N–H and O–H groups in total. The number of para-hydroxylation sites is 1. The van der Waals surface area contributed by atoms with E-state index < -0.39 is 0 Å². The molecule has 94 valence electrons. The highest BCUT2D eigenvalue weighted by atomic mass is 35.5. The van der Waals surface area contributed by atoms with Crippen LogP contribution in [-0.4, -0.2) is 28.1 Å². The molecule has 1 aliphatic heterocycles. The zero-order chi connectivity index (χ0) is 12.7. The van der Waals surface area contributed by atoms with E-state index in [1.54, 1.807) is 4.68 Å². The van der Waals surface area contributed by atoms with Gasteiger partial charge in [-0.2, -0.15) is 0 Å². The van der Waals surface area contributed by atoms with Gasteiger partial charge in [-0.05, 0) is 12.1 Å². The standard InChI is InChI=1S/C13H14ClN3O/c1-2-12-15-11-6-4-3-5-10(11)13(18)17(12)16-8-9(16)7-14/h3-6,9H,2,7-8H2,1H3. The molecule has 0 saturated carbocycles. The molecule has 1 atom stereocenters. The van der Waals surface area contributed by atoms with E-state index in [0.29, 0.717) is 11.3 Å². The van der Waals surface area contributed by atoms with Gasteiger partial charge < -0.3 is 5.01 Å². The van der Waals surface area contributed by atoms with Crippen molar-refractivity contribution in [1.82, 2.24) is 9.66 Å². The number of fused-ring (bicyclic) bond motifs is 1. The SMILES string of the molecule is CCc1nc2ccccc2c(=O)n1N1CC1CCl. The van der Waals surface area contributed by atoms with Crippen LogP contribution < -0.4 is 10.6 Å². The summed E-state index contributed by atoms with van der Waals surface area (Å²) in [4.78, 5) is 17.1. The molecule has 0 bridgehead atoms. The van der Waals surface area contributed by atoms with E-state index in [4.69, 9.17) is 11.6 Å². The van der Waals surface area contributed by atoms with Crippen LogP contribution in [0.1, 0.15) is 12.7 Å². The normalized spacial score (nSPS) is 18.3. The summed E-state index contributed by atoms with van der Waals surface area (Å²) in [6.45, 7) is 2.84. The van der Waals surface area contributed by atoms with Crippen molar-refractivity contribution in [1.29, 1.82) is 0 Å². The lowest BCUT2D eigenvalue weighted by molar-refractivity contribution is 0.693. The highest BCUT2D eigenvalue weighted by molar-refractivity contribution is 6.18. The Balaban J connectivity index is 2.23. The molecule has 1 saturated heterocycles. The van der Waals surface area contributed by atoms with E-state index in [-0.39, 0.29) is 11.6 Å². The summed E-state index contributed by atoms with van der Waals surface area (Å²) in [5, 5.41) is 2.64. The Morgan fingerprint density at radius 1 is 1.44 bits per heavy atom. The van der Waals surface area contributed by atoms with Crippen LogP contribution in [0.15, 0.2) is 29.1 Å². The van der Waals surface area contributed by atoms with Gasteiger partial charge in [0.1, 0.15) is 5.82 Å². The van der Waals surface area contributed by atoms with Gasteiger partial charge >= 0.3 is 0 Å². The zero-order valence-electron chi connectivity index (χ0n) is 10.1. The van der Waals surface area contributed by atoms with Crippen LogP contribution in [0.2, 0.25) is 0 Å². The zero-order valence-corrected chi connectivity index (χ0v) is 10.9. The lowest BCUT2D eigenvalue weighted by Crippen LogP contribution is -2.34. The lowest BCUT2D eigenvalue weighted by atomic mass is 10.2. The Kier molecular flexibility index (Phi) is 2.74. The largest absolute Gasteiger partial charge is 0.300 e. The Bertz CT molecular complexity index is 652. The van der Waals surface area contributed by atoms with Gasteiger partial charge in [-0.3, -0.25) is 4.79 Å². The Hall–Kier alpha value is -1.55. The minimum Gasteiger partial charge on any atom is -0.300 e. The van der Waals surface area contributed by atoms with Crippen LogP contribution in [0.3, 0.4) is 0 Å². The highest BCUT2D eigenvalue weighted by Gasteiger charge is 2.36. The maximum atomic E-state index is 12.5. The van der Waals surface area contributed by atoms with Crippen molar-refractivity contribution in [2.45, 2.75) is 19.4 Å². The third-order valence-corrected chi connectivity index (χ3v) is 3.61. The number of nitrogens with zero attached hydrogens (tertiary/aromatic N) is 3. The number of benzene rings is 1. The first-order chi connectivity index (χ1) is 8.76. The van der Waals surface area contributed by atoms with Gasteiger partial charge in [0.15, 0.2) is 0 Å². The number of alkyl halides is 1. The summed E-state index contributed by atoms with van der Waals surface area (Å²) < 4.78 is 1.69. The van der Waals surface area contributed by atoms with E-state index in [1.165, 1.54) is 0 Å². The van der Waals surface area contributed by atoms with Crippen molar-refractivity contribution in [2.75, 3.05) is 17.4 Å².